The second-order valence-corrected chi connectivity index (χ2v) is 9.86. The van der Waals surface area contributed by atoms with E-state index in [1.54, 1.807) is 18.9 Å². The van der Waals surface area contributed by atoms with E-state index in [0.717, 1.165) is 39.2 Å². The Bertz CT molecular complexity index is 1390. The molecule has 0 spiro atoms. The van der Waals surface area contributed by atoms with Gasteiger partial charge in [-0.05, 0) is 71.1 Å². The zero-order chi connectivity index (χ0) is 26.5. The number of rotatable bonds is 11. The van der Waals surface area contributed by atoms with Crippen molar-refractivity contribution in [3.05, 3.63) is 80.9 Å². The SMILES string of the molecule is COCCn1nnnc1C(C(C)C)N(Cc1ccc(OC)cc1)Cc1cc2c(C)cc(C)cc2[nH]c1=O. The zero-order valence-electron chi connectivity index (χ0n) is 22.5. The topological polar surface area (TPSA) is 98.2 Å². The number of benzene rings is 2. The van der Waals surface area contributed by atoms with Crippen molar-refractivity contribution in [2.75, 3.05) is 20.8 Å². The van der Waals surface area contributed by atoms with Crippen molar-refractivity contribution < 1.29 is 9.47 Å². The summed E-state index contributed by atoms with van der Waals surface area (Å²) in [6.45, 7) is 10.5. The van der Waals surface area contributed by atoms with Crippen LogP contribution in [-0.2, 0) is 24.4 Å². The maximum atomic E-state index is 13.3. The fourth-order valence-electron chi connectivity index (χ4n) is 4.91. The van der Waals surface area contributed by atoms with Crippen LogP contribution in [0.25, 0.3) is 10.9 Å². The highest BCUT2D eigenvalue weighted by Gasteiger charge is 2.30. The highest BCUT2D eigenvalue weighted by atomic mass is 16.5. The summed E-state index contributed by atoms with van der Waals surface area (Å²) in [4.78, 5) is 18.6. The number of fused-ring (bicyclic) bond motifs is 1. The Morgan fingerprint density at radius 2 is 1.81 bits per heavy atom. The number of aromatic amines is 1. The van der Waals surface area contributed by atoms with E-state index in [-0.39, 0.29) is 17.5 Å². The van der Waals surface area contributed by atoms with Gasteiger partial charge in [0.25, 0.3) is 5.56 Å². The minimum atomic E-state index is -0.136. The van der Waals surface area contributed by atoms with E-state index < -0.39 is 0 Å². The van der Waals surface area contributed by atoms with E-state index in [0.29, 0.717) is 31.8 Å². The molecule has 0 aliphatic rings. The number of nitrogens with zero attached hydrogens (tertiary/aromatic N) is 5. The first-order valence-electron chi connectivity index (χ1n) is 12.6. The molecule has 0 radical (unpaired) electrons. The van der Waals surface area contributed by atoms with Crippen molar-refractivity contribution in [3.8, 4) is 5.75 Å². The molecule has 4 aromatic rings. The lowest BCUT2D eigenvalue weighted by atomic mass is 9.99. The molecule has 0 saturated heterocycles. The molecule has 4 rings (SSSR count). The molecule has 1 N–H and O–H groups in total. The Labute approximate surface area is 217 Å². The van der Waals surface area contributed by atoms with Gasteiger partial charge in [0.2, 0.25) is 0 Å². The van der Waals surface area contributed by atoms with Gasteiger partial charge in [-0.2, -0.15) is 0 Å². The summed E-state index contributed by atoms with van der Waals surface area (Å²) >= 11 is 0. The molecule has 9 nitrogen and oxygen atoms in total. The Balaban J connectivity index is 1.77. The smallest absolute Gasteiger partial charge is 0.252 e. The fourth-order valence-corrected chi connectivity index (χ4v) is 4.91. The van der Waals surface area contributed by atoms with E-state index in [1.807, 2.05) is 31.2 Å². The van der Waals surface area contributed by atoms with Crippen LogP contribution < -0.4 is 10.3 Å². The molecule has 2 heterocycles. The molecule has 2 aromatic heterocycles. The van der Waals surface area contributed by atoms with Gasteiger partial charge in [-0.15, -0.1) is 5.10 Å². The van der Waals surface area contributed by atoms with Crippen LogP contribution in [0.2, 0.25) is 0 Å². The zero-order valence-corrected chi connectivity index (χ0v) is 22.5. The van der Waals surface area contributed by atoms with E-state index in [4.69, 9.17) is 9.47 Å². The molecule has 0 saturated carbocycles. The number of aromatic nitrogens is 5. The average Bonchev–Trinajstić information content (AvgIpc) is 3.31. The quantitative estimate of drug-likeness (QED) is 0.327. The molecular weight excluding hydrogens is 468 g/mol. The van der Waals surface area contributed by atoms with Crippen molar-refractivity contribution in [1.82, 2.24) is 30.1 Å². The van der Waals surface area contributed by atoms with Gasteiger partial charge in [0, 0.05) is 36.7 Å². The Morgan fingerprint density at radius 1 is 1.05 bits per heavy atom. The second-order valence-electron chi connectivity index (χ2n) is 9.86. The molecule has 0 amide bonds. The number of H-pyrrole nitrogens is 1. The molecule has 1 unspecified atom stereocenters. The molecule has 9 heteroatoms. The van der Waals surface area contributed by atoms with Crippen LogP contribution in [0.15, 0.2) is 47.3 Å². The summed E-state index contributed by atoms with van der Waals surface area (Å²) in [7, 11) is 3.32. The van der Waals surface area contributed by atoms with Crippen LogP contribution in [-0.4, -0.2) is 50.9 Å². The predicted molar refractivity (Wildman–Crippen MR) is 144 cm³/mol. The number of tetrazole rings is 1. The van der Waals surface area contributed by atoms with Gasteiger partial charge >= 0.3 is 0 Å². The molecule has 2 aromatic carbocycles. The van der Waals surface area contributed by atoms with Crippen molar-refractivity contribution in [2.45, 2.75) is 53.4 Å². The van der Waals surface area contributed by atoms with E-state index in [2.05, 4.69) is 64.4 Å². The van der Waals surface area contributed by atoms with Crippen LogP contribution in [0.1, 0.15) is 48.0 Å². The van der Waals surface area contributed by atoms with Gasteiger partial charge in [0.1, 0.15) is 5.75 Å². The first-order valence-corrected chi connectivity index (χ1v) is 12.6. The Hall–Kier alpha value is -3.56. The van der Waals surface area contributed by atoms with E-state index in [1.165, 1.54) is 0 Å². The number of aryl methyl sites for hydroxylation is 2. The number of pyridine rings is 1. The van der Waals surface area contributed by atoms with E-state index >= 15 is 0 Å². The van der Waals surface area contributed by atoms with Gasteiger partial charge in [0.15, 0.2) is 5.82 Å². The number of methoxy groups -OCH3 is 2. The Kier molecular flexibility index (Phi) is 8.35. The monoisotopic (exact) mass is 504 g/mol. The summed E-state index contributed by atoms with van der Waals surface area (Å²) < 4.78 is 12.4. The Morgan fingerprint density at radius 3 is 2.49 bits per heavy atom. The summed E-state index contributed by atoms with van der Waals surface area (Å²) in [6.07, 6.45) is 0. The second kappa shape index (κ2) is 11.7. The molecule has 37 heavy (non-hydrogen) atoms. The normalized spacial score (nSPS) is 12.5. The van der Waals surface area contributed by atoms with Crippen LogP contribution in [0, 0.1) is 19.8 Å². The van der Waals surface area contributed by atoms with Gasteiger partial charge in [-0.3, -0.25) is 9.69 Å². The van der Waals surface area contributed by atoms with Crippen molar-refractivity contribution in [1.29, 1.82) is 0 Å². The maximum absolute atomic E-state index is 13.3. The van der Waals surface area contributed by atoms with Crippen molar-refractivity contribution >= 4 is 10.9 Å². The first-order chi connectivity index (χ1) is 17.8. The van der Waals surface area contributed by atoms with Crippen LogP contribution in [0.3, 0.4) is 0 Å². The lowest BCUT2D eigenvalue weighted by Gasteiger charge is -2.33. The lowest BCUT2D eigenvalue weighted by molar-refractivity contribution is 0.121. The summed E-state index contributed by atoms with van der Waals surface area (Å²) in [5.41, 5.74) is 4.84. The summed E-state index contributed by atoms with van der Waals surface area (Å²) in [5.74, 6) is 1.73. The standard InChI is InChI=1S/C28H36N6O3/c1-18(2)26(27-30-31-32-34(27)11-12-36-5)33(16-21-7-9-23(37-6)10-8-21)17-22-15-24-20(4)13-19(3)14-25(24)29-28(22)35/h7-10,13-15,18,26H,11-12,16-17H2,1-6H3,(H,29,35). The largest absolute Gasteiger partial charge is 0.497 e. The molecule has 0 fully saturated rings. The number of hydrogen-bond donors (Lipinski definition) is 1. The van der Waals surface area contributed by atoms with Crippen molar-refractivity contribution in [2.24, 2.45) is 5.92 Å². The fraction of sp³-hybridized carbons (Fsp3) is 0.429. The maximum Gasteiger partial charge on any atom is 0.252 e. The third kappa shape index (κ3) is 6.06. The van der Waals surface area contributed by atoms with Gasteiger partial charge < -0.3 is 14.5 Å². The number of nitrogens with one attached hydrogen (secondary N) is 1. The first kappa shape index (κ1) is 26.5. The number of hydrogen-bond acceptors (Lipinski definition) is 7. The van der Waals surface area contributed by atoms with Gasteiger partial charge in [0.05, 0.1) is 26.3 Å². The van der Waals surface area contributed by atoms with Gasteiger partial charge in [-0.1, -0.05) is 32.0 Å². The molecule has 0 aliphatic heterocycles. The highest BCUT2D eigenvalue weighted by Crippen LogP contribution is 2.31. The molecule has 0 bridgehead atoms. The third-order valence-corrected chi connectivity index (χ3v) is 6.66. The summed E-state index contributed by atoms with van der Waals surface area (Å²) in [5, 5.41) is 13.7. The average molecular weight is 505 g/mol. The molecule has 0 aliphatic carbocycles. The summed E-state index contributed by atoms with van der Waals surface area (Å²) in [6, 6.07) is 14.1. The number of ether oxygens (including phenoxy) is 2. The minimum absolute atomic E-state index is 0.0845. The molecule has 196 valence electrons. The van der Waals surface area contributed by atoms with Crippen LogP contribution in [0.5, 0.6) is 5.75 Å². The van der Waals surface area contributed by atoms with Crippen molar-refractivity contribution in [3.63, 3.8) is 0 Å². The van der Waals surface area contributed by atoms with Gasteiger partial charge in [-0.25, -0.2) is 4.68 Å². The van der Waals surface area contributed by atoms with Crippen LogP contribution in [0.4, 0.5) is 0 Å². The minimum Gasteiger partial charge on any atom is -0.497 e. The lowest BCUT2D eigenvalue weighted by Crippen LogP contribution is -2.35. The molecular formula is C28H36N6O3. The highest BCUT2D eigenvalue weighted by molar-refractivity contribution is 5.83. The third-order valence-electron chi connectivity index (χ3n) is 6.66. The predicted octanol–water partition coefficient (Wildman–Crippen LogP) is 4.19. The molecule has 1 atom stereocenters. The van der Waals surface area contributed by atoms with E-state index in [9.17, 15) is 4.79 Å². The van der Waals surface area contributed by atoms with Crippen LogP contribution >= 0.6 is 0 Å².